The van der Waals surface area contributed by atoms with Crippen molar-refractivity contribution in [3.63, 3.8) is 0 Å². The molecule has 0 aliphatic rings. The molecule has 0 amide bonds. The van der Waals surface area contributed by atoms with Crippen molar-refractivity contribution in [3.8, 4) is 0 Å². The van der Waals surface area contributed by atoms with Crippen molar-refractivity contribution in [3.05, 3.63) is 47.2 Å². The Morgan fingerprint density at radius 1 is 1.41 bits per heavy atom. The van der Waals surface area contributed by atoms with Crippen LogP contribution in [0.25, 0.3) is 11.0 Å². The first-order valence-corrected chi connectivity index (χ1v) is 5.42. The Morgan fingerprint density at radius 2 is 2.29 bits per heavy atom. The zero-order chi connectivity index (χ0) is 11.8. The maximum Gasteiger partial charge on any atom is 0.152 e. The van der Waals surface area contributed by atoms with Gasteiger partial charge in [0.15, 0.2) is 5.58 Å². The Bertz CT molecular complexity index is 647. The summed E-state index contributed by atoms with van der Waals surface area (Å²) in [7, 11) is 0. The number of hydrogen-bond acceptors (Lipinski definition) is 4. The number of furan rings is 1. The van der Waals surface area contributed by atoms with Crippen LogP contribution < -0.4 is 5.73 Å². The fourth-order valence-electron chi connectivity index (χ4n) is 1.70. The van der Waals surface area contributed by atoms with E-state index in [-0.39, 0.29) is 0 Å². The number of aromatic amines is 1. The number of nitrogens with one attached hydrogen (secondary N) is 1. The van der Waals surface area contributed by atoms with E-state index in [0.29, 0.717) is 22.2 Å². The predicted molar refractivity (Wildman–Crippen MR) is 63.6 cm³/mol. The van der Waals surface area contributed by atoms with Crippen LogP contribution in [0, 0.1) is 0 Å². The Morgan fingerprint density at radius 3 is 3.00 bits per heavy atom. The number of benzene rings is 1. The van der Waals surface area contributed by atoms with E-state index in [9.17, 15) is 0 Å². The van der Waals surface area contributed by atoms with Crippen molar-refractivity contribution in [2.24, 2.45) is 5.73 Å². The number of aromatic nitrogens is 3. The topological polar surface area (TPSA) is 80.7 Å². The fraction of sp³-hybridized carbons (Fsp3) is 0.0909. The highest BCUT2D eigenvalue weighted by Crippen LogP contribution is 2.29. The number of para-hydroxylation sites is 1. The monoisotopic (exact) mass is 248 g/mol. The lowest BCUT2D eigenvalue weighted by atomic mass is 10.2. The minimum absolute atomic E-state index is 0.471. The lowest BCUT2D eigenvalue weighted by Crippen LogP contribution is -2.12. The fourth-order valence-corrected chi connectivity index (χ4v) is 1.92. The molecule has 1 unspecified atom stereocenters. The molecular formula is C11H9ClN4O. The van der Waals surface area contributed by atoms with Crippen LogP contribution in [-0.4, -0.2) is 15.2 Å². The van der Waals surface area contributed by atoms with Crippen LogP contribution in [0.2, 0.25) is 5.02 Å². The Balaban J connectivity index is 2.10. The third-order valence-corrected chi connectivity index (χ3v) is 2.85. The van der Waals surface area contributed by atoms with Gasteiger partial charge >= 0.3 is 0 Å². The normalized spacial score (nSPS) is 13.1. The van der Waals surface area contributed by atoms with E-state index in [2.05, 4.69) is 15.2 Å². The molecule has 2 heterocycles. The second-order valence-electron chi connectivity index (χ2n) is 3.66. The quantitative estimate of drug-likeness (QED) is 0.729. The number of halogens is 1. The van der Waals surface area contributed by atoms with Gasteiger partial charge in [-0.05, 0) is 12.1 Å². The van der Waals surface area contributed by atoms with Gasteiger partial charge in [0, 0.05) is 5.39 Å². The molecule has 0 radical (unpaired) electrons. The number of rotatable bonds is 2. The van der Waals surface area contributed by atoms with Gasteiger partial charge in [-0.25, -0.2) is 4.98 Å². The van der Waals surface area contributed by atoms with Crippen LogP contribution in [0.1, 0.15) is 17.6 Å². The Hall–Kier alpha value is -1.85. The maximum atomic E-state index is 6.03. The van der Waals surface area contributed by atoms with Crippen LogP contribution in [0.3, 0.4) is 0 Å². The molecule has 2 aromatic heterocycles. The molecular weight excluding hydrogens is 240 g/mol. The largest absolute Gasteiger partial charge is 0.457 e. The van der Waals surface area contributed by atoms with Crippen molar-refractivity contribution in [1.82, 2.24) is 15.2 Å². The van der Waals surface area contributed by atoms with Crippen molar-refractivity contribution in [2.45, 2.75) is 6.04 Å². The Kier molecular flexibility index (Phi) is 2.35. The van der Waals surface area contributed by atoms with Crippen LogP contribution >= 0.6 is 11.6 Å². The van der Waals surface area contributed by atoms with E-state index in [1.165, 1.54) is 6.33 Å². The van der Waals surface area contributed by atoms with Gasteiger partial charge in [-0.2, -0.15) is 5.10 Å². The zero-order valence-corrected chi connectivity index (χ0v) is 9.48. The lowest BCUT2D eigenvalue weighted by Gasteiger charge is -2.02. The van der Waals surface area contributed by atoms with E-state index in [0.717, 1.165) is 5.39 Å². The van der Waals surface area contributed by atoms with E-state index in [1.54, 1.807) is 6.07 Å². The summed E-state index contributed by atoms with van der Waals surface area (Å²) < 4.78 is 5.64. The van der Waals surface area contributed by atoms with Crippen LogP contribution in [0.5, 0.6) is 0 Å². The molecule has 1 atom stereocenters. The standard InChI is InChI=1S/C11H9ClN4O/c12-7-3-1-2-6-4-8(17-10(6)7)9(13)11-14-5-15-16-11/h1-5,9H,13H2,(H,14,15,16). The summed E-state index contributed by atoms with van der Waals surface area (Å²) in [6.07, 6.45) is 1.41. The molecule has 6 heteroatoms. The predicted octanol–water partition coefficient (Wildman–Crippen LogP) is 2.25. The first kappa shape index (κ1) is 10.3. The zero-order valence-electron chi connectivity index (χ0n) is 8.72. The number of H-pyrrole nitrogens is 1. The van der Waals surface area contributed by atoms with Gasteiger partial charge in [0.1, 0.15) is 24.0 Å². The van der Waals surface area contributed by atoms with Crippen molar-refractivity contribution in [1.29, 1.82) is 0 Å². The van der Waals surface area contributed by atoms with Gasteiger partial charge < -0.3 is 10.2 Å². The summed E-state index contributed by atoms with van der Waals surface area (Å²) in [6, 6.07) is 6.94. The molecule has 3 rings (SSSR count). The average molecular weight is 249 g/mol. The maximum absolute atomic E-state index is 6.03. The highest BCUT2D eigenvalue weighted by atomic mass is 35.5. The molecule has 0 saturated carbocycles. The molecule has 0 spiro atoms. The van der Waals surface area contributed by atoms with Gasteiger partial charge in [0.05, 0.1) is 5.02 Å². The minimum atomic E-state index is -0.471. The van der Waals surface area contributed by atoms with E-state index in [4.69, 9.17) is 21.8 Å². The molecule has 1 aromatic carbocycles. The van der Waals surface area contributed by atoms with Crippen molar-refractivity contribution >= 4 is 22.6 Å². The minimum Gasteiger partial charge on any atom is -0.457 e. The highest BCUT2D eigenvalue weighted by Gasteiger charge is 2.17. The molecule has 0 fully saturated rings. The van der Waals surface area contributed by atoms with E-state index >= 15 is 0 Å². The van der Waals surface area contributed by atoms with Crippen molar-refractivity contribution in [2.75, 3.05) is 0 Å². The summed E-state index contributed by atoms with van der Waals surface area (Å²) in [5.41, 5.74) is 6.64. The summed E-state index contributed by atoms with van der Waals surface area (Å²) in [5.74, 6) is 1.16. The molecule has 17 heavy (non-hydrogen) atoms. The molecule has 0 aliphatic heterocycles. The second-order valence-corrected chi connectivity index (χ2v) is 4.06. The lowest BCUT2D eigenvalue weighted by molar-refractivity contribution is 0.516. The van der Waals surface area contributed by atoms with Gasteiger partial charge in [0.25, 0.3) is 0 Å². The van der Waals surface area contributed by atoms with Gasteiger partial charge in [0.2, 0.25) is 0 Å². The number of nitrogens with two attached hydrogens (primary N) is 1. The van der Waals surface area contributed by atoms with E-state index in [1.807, 2.05) is 18.2 Å². The van der Waals surface area contributed by atoms with Crippen molar-refractivity contribution < 1.29 is 4.42 Å². The number of hydrogen-bond donors (Lipinski definition) is 2. The highest BCUT2D eigenvalue weighted by molar-refractivity contribution is 6.34. The number of nitrogens with zero attached hydrogens (tertiary/aromatic N) is 2. The number of fused-ring (bicyclic) bond motifs is 1. The van der Waals surface area contributed by atoms with Crippen LogP contribution in [0.15, 0.2) is 35.0 Å². The van der Waals surface area contributed by atoms with Gasteiger partial charge in [-0.3, -0.25) is 5.10 Å². The third-order valence-electron chi connectivity index (χ3n) is 2.55. The molecule has 0 aliphatic carbocycles. The summed E-state index contributed by atoms with van der Waals surface area (Å²) in [5, 5.41) is 7.96. The molecule has 5 nitrogen and oxygen atoms in total. The first-order valence-electron chi connectivity index (χ1n) is 5.04. The van der Waals surface area contributed by atoms with Crippen LogP contribution in [-0.2, 0) is 0 Å². The molecule has 3 aromatic rings. The average Bonchev–Trinajstić information content (AvgIpc) is 2.98. The molecule has 86 valence electrons. The van der Waals surface area contributed by atoms with Crippen LogP contribution in [0.4, 0.5) is 0 Å². The van der Waals surface area contributed by atoms with Gasteiger partial charge in [-0.1, -0.05) is 23.7 Å². The second kappa shape index (κ2) is 3.87. The van der Waals surface area contributed by atoms with Gasteiger partial charge in [-0.15, -0.1) is 0 Å². The smallest absolute Gasteiger partial charge is 0.152 e. The summed E-state index contributed by atoms with van der Waals surface area (Å²) >= 11 is 6.03. The molecule has 0 bridgehead atoms. The van der Waals surface area contributed by atoms with E-state index < -0.39 is 6.04 Å². The summed E-state index contributed by atoms with van der Waals surface area (Å²) in [6.45, 7) is 0. The molecule has 3 N–H and O–H groups in total. The first-order chi connectivity index (χ1) is 8.25. The third kappa shape index (κ3) is 1.69. The Labute approximate surface area is 102 Å². The SMILES string of the molecule is NC(c1ncn[nH]1)c1cc2cccc(Cl)c2o1. The molecule has 0 saturated heterocycles. The summed E-state index contributed by atoms with van der Waals surface area (Å²) in [4.78, 5) is 4.00.